The van der Waals surface area contributed by atoms with Gasteiger partial charge in [0.1, 0.15) is 25.0 Å². The van der Waals surface area contributed by atoms with Crippen molar-refractivity contribution in [3.8, 4) is 0 Å². The van der Waals surface area contributed by atoms with E-state index >= 15 is 0 Å². The first-order valence-electron chi connectivity index (χ1n) is 18.2. The molecule has 1 amide bonds. The van der Waals surface area contributed by atoms with Crippen LogP contribution in [0.25, 0.3) is 0 Å². The van der Waals surface area contributed by atoms with E-state index in [1.165, 1.54) is 10.4 Å². The molecular formula is C43H49NO7Si. The summed E-state index contributed by atoms with van der Waals surface area (Å²) in [5, 5.41) is 2.20. The third kappa shape index (κ3) is 8.22. The van der Waals surface area contributed by atoms with Crippen LogP contribution in [0.3, 0.4) is 0 Å². The van der Waals surface area contributed by atoms with Crippen LogP contribution in [0.15, 0.2) is 109 Å². The van der Waals surface area contributed by atoms with Crippen LogP contribution in [-0.2, 0) is 23.4 Å². The molecule has 0 radical (unpaired) electrons. The van der Waals surface area contributed by atoms with Gasteiger partial charge in [0.25, 0.3) is 8.32 Å². The number of carbonyl (C=O) groups is 3. The molecule has 2 heterocycles. The SMILES string of the molecule is Cc1ccc(C(=O)OCC2OC(N3CCC(O[Si](c4ccccc4)(c4ccccc4)C(C)(C)C)CCC3=O)CC2OC(=O)c2ccc(C)cc2)cc1. The Labute approximate surface area is 308 Å². The number of nitrogens with zero attached hydrogens (tertiary/aromatic N) is 1. The van der Waals surface area contributed by atoms with Crippen molar-refractivity contribution in [2.24, 2.45) is 0 Å². The minimum absolute atomic E-state index is 0.0422. The fourth-order valence-electron chi connectivity index (χ4n) is 7.34. The van der Waals surface area contributed by atoms with Crippen molar-refractivity contribution in [1.29, 1.82) is 0 Å². The fraction of sp³-hybridized carbons (Fsp3) is 0.372. The van der Waals surface area contributed by atoms with Crippen LogP contribution in [0.1, 0.15) is 78.3 Å². The molecule has 0 spiro atoms. The predicted octanol–water partition coefficient (Wildman–Crippen LogP) is 6.76. The first kappa shape index (κ1) is 37.2. The predicted molar refractivity (Wildman–Crippen MR) is 203 cm³/mol. The van der Waals surface area contributed by atoms with E-state index in [1.54, 1.807) is 29.2 Å². The summed E-state index contributed by atoms with van der Waals surface area (Å²) < 4.78 is 25.5. The molecule has 0 aromatic heterocycles. The Morgan fingerprint density at radius 3 is 1.85 bits per heavy atom. The average Bonchev–Trinajstić information content (AvgIpc) is 3.43. The lowest BCUT2D eigenvalue weighted by Crippen LogP contribution is -2.67. The van der Waals surface area contributed by atoms with Crippen molar-refractivity contribution >= 4 is 36.5 Å². The van der Waals surface area contributed by atoms with Crippen LogP contribution in [-0.4, -0.2) is 68.8 Å². The zero-order valence-electron chi connectivity index (χ0n) is 30.7. The van der Waals surface area contributed by atoms with Crippen molar-refractivity contribution in [3.63, 3.8) is 0 Å². The van der Waals surface area contributed by atoms with Crippen LogP contribution in [0.5, 0.6) is 0 Å². The highest BCUT2D eigenvalue weighted by molar-refractivity contribution is 6.99. The highest BCUT2D eigenvalue weighted by Gasteiger charge is 2.52. The lowest BCUT2D eigenvalue weighted by Gasteiger charge is -2.45. The van der Waals surface area contributed by atoms with Gasteiger partial charge >= 0.3 is 11.9 Å². The monoisotopic (exact) mass is 719 g/mol. The highest BCUT2D eigenvalue weighted by atomic mass is 28.4. The fourth-order valence-corrected chi connectivity index (χ4v) is 12.1. The van der Waals surface area contributed by atoms with Crippen molar-refractivity contribution in [1.82, 2.24) is 4.90 Å². The summed E-state index contributed by atoms with van der Waals surface area (Å²) in [4.78, 5) is 41.8. The summed E-state index contributed by atoms with van der Waals surface area (Å²) in [7, 11) is -2.83. The Morgan fingerprint density at radius 2 is 1.31 bits per heavy atom. The summed E-state index contributed by atoms with van der Waals surface area (Å²) in [6.45, 7) is 10.9. The van der Waals surface area contributed by atoms with Crippen molar-refractivity contribution in [2.75, 3.05) is 13.2 Å². The average molecular weight is 720 g/mol. The molecule has 0 saturated carbocycles. The van der Waals surface area contributed by atoms with Crippen molar-refractivity contribution in [2.45, 2.75) is 89.9 Å². The summed E-state index contributed by atoms with van der Waals surface area (Å²) in [6.07, 6.45) is -0.549. The third-order valence-electron chi connectivity index (χ3n) is 10.2. The van der Waals surface area contributed by atoms with Crippen molar-refractivity contribution in [3.05, 3.63) is 131 Å². The minimum Gasteiger partial charge on any atom is -0.459 e. The largest absolute Gasteiger partial charge is 0.459 e. The number of rotatable bonds is 10. The molecule has 4 unspecified atom stereocenters. The van der Waals surface area contributed by atoms with E-state index in [-0.39, 0.29) is 30.1 Å². The number of carbonyl (C=O) groups excluding carboxylic acids is 3. The van der Waals surface area contributed by atoms with E-state index in [1.807, 2.05) is 50.2 Å². The van der Waals surface area contributed by atoms with E-state index in [0.717, 1.165) is 11.1 Å². The Morgan fingerprint density at radius 1 is 0.769 bits per heavy atom. The van der Waals surface area contributed by atoms with Gasteiger partial charge in [0.05, 0.1) is 11.1 Å². The van der Waals surface area contributed by atoms with Gasteiger partial charge in [-0.2, -0.15) is 0 Å². The van der Waals surface area contributed by atoms with Gasteiger partial charge in [-0.3, -0.25) is 4.79 Å². The Hall–Kier alpha value is -4.57. The smallest absolute Gasteiger partial charge is 0.338 e. The molecule has 4 aromatic carbocycles. The molecule has 0 aliphatic carbocycles. The molecule has 9 heteroatoms. The molecule has 6 rings (SSSR count). The standard InChI is InChI=1S/C43H49NO7Si/c1-30-16-20-32(21-17-30)41(46)48-29-38-37(50-42(47)33-22-18-31(2)19-23-33)28-40(49-38)44-27-26-34(24-25-39(44)45)51-52(43(3,4)5,35-12-8-6-9-13-35)36-14-10-7-11-15-36/h6-23,34,37-38,40H,24-29H2,1-5H3. The van der Waals surface area contributed by atoms with E-state index in [2.05, 4.69) is 69.3 Å². The molecule has 4 atom stereocenters. The lowest BCUT2D eigenvalue weighted by molar-refractivity contribution is -0.146. The van der Waals surface area contributed by atoms with Crippen LogP contribution in [0.4, 0.5) is 0 Å². The Bertz CT molecular complexity index is 1780. The molecule has 2 aliphatic rings. The van der Waals surface area contributed by atoms with Gasteiger partial charge in [-0.05, 0) is 66.4 Å². The van der Waals surface area contributed by atoms with Gasteiger partial charge in [-0.25, -0.2) is 9.59 Å². The van der Waals surface area contributed by atoms with E-state index in [0.29, 0.717) is 36.9 Å². The van der Waals surface area contributed by atoms with Gasteiger partial charge in [-0.15, -0.1) is 0 Å². The number of ether oxygens (including phenoxy) is 3. The number of benzene rings is 4. The second-order valence-electron chi connectivity index (χ2n) is 15.0. The highest BCUT2D eigenvalue weighted by Crippen LogP contribution is 2.39. The second kappa shape index (κ2) is 16.0. The number of hydrogen-bond acceptors (Lipinski definition) is 7. The molecule has 2 saturated heterocycles. The molecule has 0 bridgehead atoms. The summed E-state index contributed by atoms with van der Waals surface area (Å²) in [6, 6.07) is 35.3. The quantitative estimate of drug-likeness (QED) is 0.132. The zero-order chi connectivity index (χ0) is 36.9. The number of esters is 2. The Balaban J connectivity index is 1.20. The maximum absolute atomic E-state index is 13.8. The number of likely N-dealkylation sites (tertiary alicyclic amines) is 1. The maximum atomic E-state index is 13.8. The zero-order valence-corrected chi connectivity index (χ0v) is 31.7. The molecule has 2 aliphatic heterocycles. The molecule has 0 N–H and O–H groups in total. The number of aryl methyl sites for hydroxylation is 2. The normalized spacial score (nSPS) is 21.0. The first-order valence-corrected chi connectivity index (χ1v) is 20.1. The molecule has 272 valence electrons. The minimum atomic E-state index is -2.83. The Kier molecular flexibility index (Phi) is 11.4. The van der Waals surface area contributed by atoms with Gasteiger partial charge in [0.2, 0.25) is 5.91 Å². The first-order chi connectivity index (χ1) is 24.9. The molecular weight excluding hydrogens is 671 g/mol. The molecule has 2 fully saturated rings. The van der Waals surface area contributed by atoms with Gasteiger partial charge in [-0.1, -0.05) is 117 Å². The van der Waals surface area contributed by atoms with Crippen LogP contribution >= 0.6 is 0 Å². The third-order valence-corrected chi connectivity index (χ3v) is 15.3. The van der Waals surface area contributed by atoms with Crippen LogP contribution < -0.4 is 10.4 Å². The number of amides is 1. The number of hydrogen-bond donors (Lipinski definition) is 0. The van der Waals surface area contributed by atoms with Crippen LogP contribution in [0, 0.1) is 13.8 Å². The molecule has 4 aromatic rings. The summed E-state index contributed by atoms with van der Waals surface area (Å²) in [5.41, 5.74) is 2.89. The molecule has 8 nitrogen and oxygen atoms in total. The van der Waals surface area contributed by atoms with E-state index in [9.17, 15) is 14.4 Å². The lowest BCUT2D eigenvalue weighted by atomic mass is 10.1. The molecule has 52 heavy (non-hydrogen) atoms. The van der Waals surface area contributed by atoms with Gasteiger partial charge in [0, 0.05) is 25.5 Å². The van der Waals surface area contributed by atoms with Gasteiger partial charge in [0.15, 0.2) is 0 Å². The second-order valence-corrected chi connectivity index (χ2v) is 19.2. The summed E-state index contributed by atoms with van der Waals surface area (Å²) in [5.74, 6) is -1.03. The topological polar surface area (TPSA) is 91.4 Å². The van der Waals surface area contributed by atoms with Gasteiger partial charge < -0.3 is 23.5 Å². The van der Waals surface area contributed by atoms with E-state index in [4.69, 9.17) is 18.6 Å². The van der Waals surface area contributed by atoms with Crippen LogP contribution in [0.2, 0.25) is 5.04 Å². The van der Waals surface area contributed by atoms with E-state index < -0.39 is 38.7 Å². The maximum Gasteiger partial charge on any atom is 0.338 e. The van der Waals surface area contributed by atoms with Crippen molar-refractivity contribution < 1.29 is 33.0 Å². The summed E-state index contributed by atoms with van der Waals surface area (Å²) >= 11 is 0.